The number of benzene rings is 3. The highest BCUT2D eigenvalue weighted by Crippen LogP contribution is 2.57. The molecule has 7 rings (SSSR count). The van der Waals surface area contributed by atoms with Gasteiger partial charge < -0.3 is 85.6 Å². The van der Waals surface area contributed by atoms with Gasteiger partial charge in [0.2, 0.25) is 5.91 Å². The molecule has 2 saturated heterocycles. The van der Waals surface area contributed by atoms with Crippen molar-refractivity contribution in [2.24, 2.45) is 0 Å². The number of likely N-dealkylation sites (N-methyl/N-ethyl adjacent to an activating group) is 1. The number of carbonyl (C=O) groups is 5. The van der Waals surface area contributed by atoms with Gasteiger partial charge >= 0.3 is 5.97 Å². The number of methoxy groups -OCH3 is 1. The van der Waals surface area contributed by atoms with Gasteiger partial charge in [-0.2, -0.15) is 0 Å². The summed E-state index contributed by atoms with van der Waals surface area (Å²) in [6.07, 6.45) is -15.7. The van der Waals surface area contributed by atoms with Gasteiger partial charge in [-0.05, 0) is 56.6 Å². The number of nitrogens with one attached hydrogen (secondary N) is 3. The van der Waals surface area contributed by atoms with Gasteiger partial charge in [-0.1, -0.05) is 6.07 Å². The van der Waals surface area contributed by atoms with Crippen molar-refractivity contribution >= 4 is 29.4 Å². The Hall–Kier alpha value is -5.79. The fourth-order valence-corrected chi connectivity index (χ4v) is 8.62. The fourth-order valence-electron chi connectivity index (χ4n) is 8.62. The van der Waals surface area contributed by atoms with Crippen molar-refractivity contribution in [3.05, 3.63) is 68.8 Å². The summed E-state index contributed by atoms with van der Waals surface area (Å²) < 4.78 is 29.0. The van der Waals surface area contributed by atoms with E-state index in [0.717, 1.165) is 12.1 Å². The zero-order valence-corrected chi connectivity index (χ0v) is 34.8. The lowest BCUT2D eigenvalue weighted by atomic mass is 9.74. The van der Waals surface area contributed by atoms with Crippen LogP contribution in [0.4, 0.5) is 0 Å². The van der Waals surface area contributed by atoms with Gasteiger partial charge in [-0.15, -0.1) is 0 Å². The van der Waals surface area contributed by atoms with Crippen molar-refractivity contribution in [3.8, 4) is 34.1 Å². The molecule has 344 valence electrons. The molecule has 22 heteroatoms. The number of aromatic hydroxyl groups is 3. The molecule has 22 nitrogen and oxygen atoms in total. The van der Waals surface area contributed by atoms with E-state index in [2.05, 4.69) is 16.0 Å². The van der Waals surface area contributed by atoms with Crippen LogP contribution in [0.1, 0.15) is 84.9 Å². The van der Waals surface area contributed by atoms with Crippen LogP contribution < -0.4 is 20.7 Å². The van der Waals surface area contributed by atoms with Crippen LogP contribution in [0, 0.1) is 6.92 Å². The third-order valence-electron chi connectivity index (χ3n) is 11.9. The molecule has 4 aliphatic rings. The van der Waals surface area contributed by atoms with Crippen LogP contribution in [0.25, 0.3) is 11.1 Å². The van der Waals surface area contributed by atoms with Crippen LogP contribution >= 0.6 is 0 Å². The average molecular weight is 898 g/mol. The predicted molar refractivity (Wildman–Crippen MR) is 214 cm³/mol. The number of fused-ring (bicyclic) bond motifs is 5. The summed E-state index contributed by atoms with van der Waals surface area (Å²) in [6.45, 7) is 3.03. The van der Waals surface area contributed by atoms with Crippen molar-refractivity contribution in [1.29, 1.82) is 0 Å². The van der Waals surface area contributed by atoms with E-state index in [9.17, 15) is 64.8 Å². The van der Waals surface area contributed by atoms with E-state index in [4.69, 9.17) is 28.8 Å². The van der Waals surface area contributed by atoms with Crippen molar-refractivity contribution in [2.75, 3.05) is 27.3 Å². The molecule has 0 spiro atoms. The Morgan fingerprint density at radius 3 is 2.16 bits per heavy atom. The van der Waals surface area contributed by atoms with Crippen LogP contribution in [-0.2, 0) is 28.5 Å². The minimum atomic E-state index is -1.92. The molecule has 2 fully saturated rings. The number of carboxylic acids is 1. The van der Waals surface area contributed by atoms with Crippen molar-refractivity contribution < 1.29 is 93.6 Å². The highest BCUT2D eigenvalue weighted by molar-refractivity contribution is 6.31. The molecule has 2 aliphatic carbocycles. The normalized spacial score (nSPS) is 28.8. The van der Waals surface area contributed by atoms with E-state index in [0.29, 0.717) is 0 Å². The molecule has 2 aliphatic heterocycles. The number of hydrogen-bond acceptors (Lipinski definition) is 19. The molecule has 12 atom stereocenters. The zero-order valence-electron chi connectivity index (χ0n) is 34.8. The molecule has 0 bridgehead atoms. The van der Waals surface area contributed by atoms with Gasteiger partial charge in [-0.25, -0.2) is 0 Å². The molecule has 3 aromatic rings. The number of rotatable bonds is 11. The first-order valence-corrected chi connectivity index (χ1v) is 19.9. The van der Waals surface area contributed by atoms with Crippen LogP contribution in [-0.4, -0.2) is 164 Å². The monoisotopic (exact) mass is 897 g/mol. The Morgan fingerprint density at radius 2 is 1.50 bits per heavy atom. The van der Waals surface area contributed by atoms with Crippen LogP contribution in [0.15, 0.2) is 24.3 Å². The quantitative estimate of drug-likeness (QED) is 0.0815. The van der Waals surface area contributed by atoms with E-state index < -0.39 is 167 Å². The average Bonchev–Trinajstić information content (AvgIpc) is 3.24. The molecule has 0 radical (unpaired) electrons. The number of hydrogen-bond donors (Lipinski definition) is 12. The van der Waals surface area contributed by atoms with Gasteiger partial charge in [0.25, 0.3) is 5.91 Å². The summed E-state index contributed by atoms with van der Waals surface area (Å²) >= 11 is 0. The molecule has 64 heavy (non-hydrogen) atoms. The molecule has 2 heterocycles. The predicted octanol–water partition coefficient (Wildman–Crippen LogP) is -1.50. The second-order valence-electron chi connectivity index (χ2n) is 15.9. The Labute approximate surface area is 362 Å². The largest absolute Gasteiger partial charge is 0.507 e. The van der Waals surface area contributed by atoms with Crippen LogP contribution in [0.5, 0.6) is 23.0 Å². The van der Waals surface area contributed by atoms with E-state index >= 15 is 0 Å². The van der Waals surface area contributed by atoms with Crippen molar-refractivity contribution in [1.82, 2.24) is 16.0 Å². The number of phenols is 3. The number of ketones is 2. The maximum absolute atomic E-state index is 14.2. The second kappa shape index (κ2) is 17.6. The fraction of sp³-hybridized carbons (Fsp3) is 0.452. The summed E-state index contributed by atoms with van der Waals surface area (Å²) in [5.74, 6) is -7.58. The Bertz CT molecular complexity index is 2420. The van der Waals surface area contributed by atoms with Gasteiger partial charge in [0.15, 0.2) is 24.1 Å². The Balaban J connectivity index is 1.35. The lowest BCUT2D eigenvalue weighted by Gasteiger charge is -2.47. The third-order valence-corrected chi connectivity index (χ3v) is 11.9. The van der Waals surface area contributed by atoms with E-state index in [1.807, 2.05) is 0 Å². The standard InChI is InChI=1S/C42H47N3O19/c1-12-6-19-26(33(54)23(12)40(59)45-13(2)39(58)44-10-22(48)49)25-17(9-18-27(34(25)55)30(51)16-7-15(60-5)8-20(46)24(16)29(18)50)31(52)37(19)63-42-36(57)38(28(43-4)14(3)62-42)64-41-35(56)32(53)21(47)11-61-41/h6-9,13-14,21,28,31-32,35-38,41-43,46-47,52-57H,10-11H2,1-5H3,(H,44,58)(H,45,59)(H,48,49)/t13-,14-,21-,28+,31+,32+,35-,36-,37+,38+,41+,42+/m1/s1. The first-order chi connectivity index (χ1) is 30.2. The number of aliphatic hydroxyl groups is 5. The van der Waals surface area contributed by atoms with E-state index in [1.165, 1.54) is 40.1 Å². The van der Waals surface area contributed by atoms with Crippen LogP contribution in [0.3, 0.4) is 0 Å². The van der Waals surface area contributed by atoms with Crippen molar-refractivity contribution in [2.45, 2.75) is 94.3 Å². The Morgan fingerprint density at radius 1 is 0.844 bits per heavy atom. The molecule has 3 aromatic carbocycles. The summed E-state index contributed by atoms with van der Waals surface area (Å²) in [6, 6.07) is 2.46. The zero-order chi connectivity index (χ0) is 46.8. The molecule has 2 amide bonds. The molecule has 0 aromatic heterocycles. The smallest absolute Gasteiger partial charge is 0.322 e. The molecular weight excluding hydrogens is 850 g/mol. The number of amides is 2. The molecule has 12 N–H and O–H groups in total. The lowest BCUT2D eigenvalue weighted by Crippen LogP contribution is -2.65. The summed E-state index contributed by atoms with van der Waals surface area (Å²) in [5.41, 5.74) is -3.55. The van der Waals surface area contributed by atoms with Gasteiger partial charge in [0.1, 0.15) is 78.3 Å². The second-order valence-corrected chi connectivity index (χ2v) is 15.9. The minimum Gasteiger partial charge on any atom is -0.507 e. The van der Waals surface area contributed by atoms with Gasteiger partial charge in [0, 0.05) is 28.3 Å². The number of aliphatic carboxylic acids is 1. The molecule has 0 saturated carbocycles. The van der Waals surface area contributed by atoms with Gasteiger partial charge in [0.05, 0.1) is 42.6 Å². The highest BCUT2D eigenvalue weighted by Gasteiger charge is 2.51. The Kier molecular flexibility index (Phi) is 12.7. The van der Waals surface area contributed by atoms with Crippen LogP contribution in [0.2, 0.25) is 0 Å². The number of aliphatic hydroxyl groups excluding tert-OH is 5. The number of phenolic OH excluding ortho intramolecular Hbond substituents is 3. The number of ether oxygens (including phenoxy) is 5. The third kappa shape index (κ3) is 7.80. The summed E-state index contributed by atoms with van der Waals surface area (Å²) in [4.78, 5) is 65.7. The topological polar surface area (TPSA) is 350 Å². The van der Waals surface area contributed by atoms with Gasteiger partial charge in [-0.3, -0.25) is 24.0 Å². The molecular formula is C42H47N3O19. The van der Waals surface area contributed by atoms with E-state index in [-0.39, 0.29) is 28.0 Å². The SMILES string of the molecule is CN[C@@H]1[C@H](O[C@@H]2OC[C@@H](O)[C@H](O)[C@H]2O)[C@@H](O)[C@H](O[C@H]2c3cc(C)c(C(=O)N[C@H](C)C(=O)NCC(=O)O)c(O)c3-c3c(cc4c(c3O)C(=O)c3cc(OC)cc(O)c3C4=O)[C@@H]2O)O[C@@H]1C. The number of carboxylic acid groups (broad SMARTS) is 1. The minimum absolute atomic E-state index is 0.00246. The molecule has 0 unspecified atom stereocenters. The maximum Gasteiger partial charge on any atom is 0.322 e. The lowest BCUT2D eigenvalue weighted by molar-refractivity contribution is -0.339. The first kappa shape index (κ1) is 46.2. The van der Waals surface area contributed by atoms with E-state index in [1.54, 1.807) is 6.92 Å². The summed E-state index contributed by atoms with van der Waals surface area (Å²) in [7, 11) is 2.79. The number of aryl methyl sites for hydroxylation is 1. The first-order valence-electron chi connectivity index (χ1n) is 19.9. The van der Waals surface area contributed by atoms with Crippen molar-refractivity contribution in [3.63, 3.8) is 0 Å². The maximum atomic E-state index is 14.2. The number of carbonyl (C=O) groups excluding carboxylic acids is 4. The highest BCUT2D eigenvalue weighted by atomic mass is 16.7. The summed E-state index contributed by atoms with van der Waals surface area (Å²) in [5, 5.41) is 107.